The number of carbonyl (C=O) groups is 1. The molecule has 0 bridgehead atoms. The Hall–Kier alpha value is -2.68. The van der Waals surface area contributed by atoms with Crippen LogP contribution in [-0.4, -0.2) is 20.7 Å². The molecule has 3 rings (SSSR count). The van der Waals surface area contributed by atoms with E-state index < -0.39 is 23.2 Å². The number of halogens is 3. The van der Waals surface area contributed by atoms with Crippen molar-refractivity contribution in [3.63, 3.8) is 0 Å². The molecule has 27 heavy (non-hydrogen) atoms. The van der Waals surface area contributed by atoms with Crippen molar-refractivity contribution in [1.29, 1.82) is 0 Å². The molecule has 2 aromatic heterocycles. The molecular formula is C18H17F3N4OS. The topological polar surface area (TPSA) is 59.8 Å². The van der Waals surface area contributed by atoms with Crippen molar-refractivity contribution >= 4 is 22.9 Å². The molecule has 0 unspecified atom stereocenters. The molecule has 0 aliphatic carbocycles. The van der Waals surface area contributed by atoms with Gasteiger partial charge in [-0.3, -0.25) is 9.48 Å². The van der Waals surface area contributed by atoms with Crippen molar-refractivity contribution in [2.45, 2.75) is 32.5 Å². The molecule has 9 heteroatoms. The summed E-state index contributed by atoms with van der Waals surface area (Å²) in [7, 11) is 0. The molecule has 0 saturated heterocycles. The molecule has 5 nitrogen and oxygen atoms in total. The molecule has 1 N–H and O–H groups in total. The molecule has 0 spiro atoms. The number of aryl methyl sites for hydroxylation is 1. The van der Waals surface area contributed by atoms with E-state index in [1.165, 1.54) is 28.3 Å². The highest BCUT2D eigenvalue weighted by Crippen LogP contribution is 2.37. The van der Waals surface area contributed by atoms with E-state index in [0.717, 1.165) is 17.7 Å². The Bertz CT molecular complexity index is 961. The van der Waals surface area contributed by atoms with E-state index >= 15 is 0 Å². The molecule has 2 heterocycles. The Labute approximate surface area is 157 Å². The second-order valence-corrected chi connectivity index (χ2v) is 7.47. The standard InChI is InChI=1S/C18H17F3N4OS/c1-11-9-23-25(10-11)17(2,3)16(26)24-14-5-4-12(18(19,20)21)8-13(14)15-22-6-7-27-15/h4-10H,1-3H3,(H,24,26). The van der Waals surface area contributed by atoms with Crippen LogP contribution < -0.4 is 5.32 Å². The molecule has 0 radical (unpaired) electrons. The summed E-state index contributed by atoms with van der Waals surface area (Å²) in [4.78, 5) is 16.9. The summed E-state index contributed by atoms with van der Waals surface area (Å²) < 4.78 is 40.8. The van der Waals surface area contributed by atoms with Crippen LogP contribution in [0.5, 0.6) is 0 Å². The smallest absolute Gasteiger partial charge is 0.323 e. The zero-order chi connectivity index (χ0) is 19.8. The Morgan fingerprint density at radius 3 is 2.56 bits per heavy atom. The summed E-state index contributed by atoms with van der Waals surface area (Å²) in [6.45, 7) is 5.22. The number of hydrogen-bond donors (Lipinski definition) is 1. The summed E-state index contributed by atoms with van der Waals surface area (Å²) in [6, 6.07) is 3.19. The van der Waals surface area contributed by atoms with Crippen LogP contribution in [0.1, 0.15) is 25.0 Å². The number of nitrogens with one attached hydrogen (secondary N) is 1. The number of amides is 1. The van der Waals surface area contributed by atoms with E-state index in [-0.39, 0.29) is 11.3 Å². The van der Waals surface area contributed by atoms with Gasteiger partial charge in [0.25, 0.3) is 5.91 Å². The number of nitrogens with zero attached hydrogens (tertiary/aromatic N) is 3. The van der Waals surface area contributed by atoms with Gasteiger partial charge in [0.1, 0.15) is 10.5 Å². The SMILES string of the molecule is Cc1cnn(C(C)(C)C(=O)Nc2ccc(C(F)(F)F)cc2-c2nccs2)c1. The van der Waals surface area contributed by atoms with Gasteiger partial charge in [0, 0.05) is 23.3 Å². The van der Waals surface area contributed by atoms with Gasteiger partial charge in [-0.05, 0) is 44.5 Å². The maximum Gasteiger partial charge on any atom is 0.416 e. The maximum atomic E-state index is 13.1. The second-order valence-electron chi connectivity index (χ2n) is 6.57. The lowest BCUT2D eigenvalue weighted by atomic mass is 10.0. The van der Waals surface area contributed by atoms with E-state index in [1.54, 1.807) is 31.6 Å². The van der Waals surface area contributed by atoms with Gasteiger partial charge < -0.3 is 5.32 Å². The molecule has 0 fully saturated rings. The van der Waals surface area contributed by atoms with Gasteiger partial charge in [-0.15, -0.1) is 11.3 Å². The van der Waals surface area contributed by atoms with Gasteiger partial charge in [0.05, 0.1) is 17.4 Å². The van der Waals surface area contributed by atoms with Crippen LogP contribution in [-0.2, 0) is 16.5 Å². The first-order valence-electron chi connectivity index (χ1n) is 8.03. The highest BCUT2D eigenvalue weighted by atomic mass is 32.1. The van der Waals surface area contributed by atoms with E-state index in [2.05, 4.69) is 15.4 Å². The zero-order valence-corrected chi connectivity index (χ0v) is 15.6. The van der Waals surface area contributed by atoms with Crippen LogP contribution >= 0.6 is 11.3 Å². The van der Waals surface area contributed by atoms with Crippen LogP contribution in [0.15, 0.2) is 42.2 Å². The number of alkyl halides is 3. The molecule has 0 aliphatic heterocycles. The van der Waals surface area contributed by atoms with Crippen LogP contribution in [0.25, 0.3) is 10.6 Å². The van der Waals surface area contributed by atoms with Crippen LogP contribution in [0.2, 0.25) is 0 Å². The Kier molecular flexibility index (Phi) is 4.81. The normalized spacial score (nSPS) is 12.2. The Morgan fingerprint density at radius 2 is 2.00 bits per heavy atom. The number of rotatable bonds is 4. The van der Waals surface area contributed by atoms with Gasteiger partial charge in [-0.1, -0.05) is 0 Å². The van der Waals surface area contributed by atoms with Gasteiger partial charge in [0.15, 0.2) is 0 Å². The lowest BCUT2D eigenvalue weighted by Gasteiger charge is -2.25. The molecule has 1 amide bonds. The monoisotopic (exact) mass is 394 g/mol. The minimum absolute atomic E-state index is 0.223. The van der Waals surface area contributed by atoms with Crippen LogP contribution in [0, 0.1) is 6.92 Å². The molecule has 142 valence electrons. The molecule has 0 atom stereocenters. The number of thiazole rings is 1. The summed E-state index contributed by atoms with van der Waals surface area (Å²) in [5.74, 6) is -0.400. The van der Waals surface area contributed by atoms with Gasteiger partial charge >= 0.3 is 6.18 Å². The highest BCUT2D eigenvalue weighted by Gasteiger charge is 2.33. The molecule has 3 aromatic rings. The summed E-state index contributed by atoms with van der Waals surface area (Å²) in [5.41, 5.74) is -0.445. The second kappa shape index (κ2) is 6.80. The molecular weight excluding hydrogens is 377 g/mol. The summed E-state index contributed by atoms with van der Waals surface area (Å²) in [5, 5.41) is 8.95. The van der Waals surface area contributed by atoms with Crippen LogP contribution in [0.3, 0.4) is 0 Å². The average molecular weight is 394 g/mol. The molecule has 0 saturated carbocycles. The lowest BCUT2D eigenvalue weighted by Crippen LogP contribution is -2.40. The van der Waals surface area contributed by atoms with Crippen molar-refractivity contribution in [1.82, 2.24) is 14.8 Å². The zero-order valence-electron chi connectivity index (χ0n) is 14.8. The Morgan fingerprint density at radius 1 is 1.26 bits per heavy atom. The number of anilines is 1. The first-order valence-corrected chi connectivity index (χ1v) is 8.91. The van der Waals surface area contributed by atoms with Crippen molar-refractivity contribution in [2.24, 2.45) is 0 Å². The largest absolute Gasteiger partial charge is 0.416 e. The summed E-state index contributed by atoms with van der Waals surface area (Å²) in [6.07, 6.45) is 0.380. The van der Waals surface area contributed by atoms with E-state index in [0.29, 0.717) is 5.01 Å². The fourth-order valence-corrected chi connectivity index (χ4v) is 3.13. The van der Waals surface area contributed by atoms with Crippen molar-refractivity contribution in [3.05, 3.63) is 53.3 Å². The maximum absolute atomic E-state index is 13.1. The lowest BCUT2D eigenvalue weighted by molar-refractivity contribution is -0.137. The highest BCUT2D eigenvalue weighted by molar-refractivity contribution is 7.13. The van der Waals surface area contributed by atoms with Crippen molar-refractivity contribution < 1.29 is 18.0 Å². The van der Waals surface area contributed by atoms with E-state index in [9.17, 15) is 18.0 Å². The summed E-state index contributed by atoms with van der Waals surface area (Å²) >= 11 is 1.20. The third-order valence-corrected chi connectivity index (χ3v) is 4.90. The number of hydrogen-bond acceptors (Lipinski definition) is 4. The quantitative estimate of drug-likeness (QED) is 0.697. The molecule has 0 aliphatic rings. The van der Waals surface area contributed by atoms with Gasteiger partial charge in [-0.2, -0.15) is 18.3 Å². The first kappa shape index (κ1) is 19.1. The number of carbonyl (C=O) groups excluding carboxylic acids is 1. The fraction of sp³-hybridized carbons (Fsp3) is 0.278. The predicted molar refractivity (Wildman–Crippen MR) is 97.5 cm³/mol. The van der Waals surface area contributed by atoms with Gasteiger partial charge in [-0.25, -0.2) is 4.98 Å². The van der Waals surface area contributed by atoms with Crippen molar-refractivity contribution in [2.75, 3.05) is 5.32 Å². The predicted octanol–water partition coefficient (Wildman–Crippen LogP) is 4.71. The number of aromatic nitrogens is 3. The van der Waals surface area contributed by atoms with E-state index in [1.807, 2.05) is 6.92 Å². The molecule has 1 aromatic carbocycles. The average Bonchev–Trinajstić information content (AvgIpc) is 3.25. The third-order valence-electron chi connectivity index (χ3n) is 4.10. The number of benzene rings is 1. The van der Waals surface area contributed by atoms with Gasteiger partial charge in [0.2, 0.25) is 0 Å². The van der Waals surface area contributed by atoms with Crippen LogP contribution in [0.4, 0.5) is 18.9 Å². The van der Waals surface area contributed by atoms with E-state index in [4.69, 9.17) is 0 Å². The minimum Gasteiger partial charge on any atom is -0.323 e. The Balaban J connectivity index is 1.98. The van der Waals surface area contributed by atoms with Crippen molar-refractivity contribution in [3.8, 4) is 10.6 Å². The first-order chi connectivity index (χ1) is 12.6. The minimum atomic E-state index is -4.49. The fourth-order valence-electron chi connectivity index (χ4n) is 2.46. The third kappa shape index (κ3) is 3.87.